The third kappa shape index (κ3) is 3.25. The zero-order valence-electron chi connectivity index (χ0n) is 9.83. The third-order valence-electron chi connectivity index (χ3n) is 2.49. The summed E-state index contributed by atoms with van der Waals surface area (Å²) in [5.41, 5.74) is 0.379. The van der Waals surface area contributed by atoms with E-state index >= 15 is 0 Å². The molecule has 2 heterocycles. The lowest BCUT2D eigenvalue weighted by molar-refractivity contribution is 0.00378. The van der Waals surface area contributed by atoms with Crippen molar-refractivity contribution in [2.45, 2.75) is 19.6 Å². The summed E-state index contributed by atoms with van der Waals surface area (Å²) in [7, 11) is -2.57. The zero-order valence-corrected chi connectivity index (χ0v) is 10.7. The topological polar surface area (TPSA) is 70.4 Å². The molecular formula is C10H15N2O4P. The van der Waals surface area contributed by atoms with Crippen molar-refractivity contribution < 1.29 is 13.8 Å². The molecule has 0 amide bonds. The lowest BCUT2D eigenvalue weighted by atomic mass is 10.3. The Bertz CT molecular complexity index is 501. The van der Waals surface area contributed by atoms with Gasteiger partial charge in [0.25, 0.3) is 0 Å². The van der Waals surface area contributed by atoms with Crippen molar-refractivity contribution >= 4 is 7.37 Å². The molecule has 94 valence electrons. The molecule has 17 heavy (non-hydrogen) atoms. The van der Waals surface area contributed by atoms with Gasteiger partial charge in [-0.15, -0.1) is 0 Å². The minimum atomic E-state index is -2.57. The number of aromatic nitrogens is 2. The summed E-state index contributed by atoms with van der Waals surface area (Å²) in [6.45, 7) is 3.92. The summed E-state index contributed by atoms with van der Waals surface area (Å²) in [6, 6.07) is 1.76. The Labute approximate surface area is 99.0 Å². The summed E-state index contributed by atoms with van der Waals surface area (Å²) in [4.78, 5) is 15.4. The normalized spacial score (nSPS) is 29.2. The van der Waals surface area contributed by atoms with E-state index in [0.29, 0.717) is 12.2 Å². The van der Waals surface area contributed by atoms with Gasteiger partial charge in [-0.1, -0.05) is 0 Å². The molecular weight excluding hydrogens is 243 g/mol. The largest absolute Gasteiger partial charge is 0.364 e. The molecule has 0 aliphatic carbocycles. The molecule has 0 aromatic carbocycles. The smallest absolute Gasteiger partial charge is 0.347 e. The van der Waals surface area contributed by atoms with Crippen LogP contribution in [0.4, 0.5) is 0 Å². The first-order valence-electron chi connectivity index (χ1n) is 5.33. The van der Waals surface area contributed by atoms with Crippen LogP contribution in [0.5, 0.6) is 0 Å². The second-order valence-electron chi connectivity index (χ2n) is 4.23. The Kier molecular flexibility index (Phi) is 3.47. The van der Waals surface area contributed by atoms with Crippen LogP contribution >= 0.6 is 7.37 Å². The molecule has 0 saturated carbocycles. The van der Waals surface area contributed by atoms with E-state index in [1.54, 1.807) is 25.9 Å². The fraction of sp³-hybridized carbons (Fsp3) is 0.600. The second-order valence-corrected chi connectivity index (χ2v) is 6.78. The van der Waals surface area contributed by atoms with Gasteiger partial charge in [0.05, 0.1) is 13.2 Å². The van der Waals surface area contributed by atoms with E-state index in [1.807, 2.05) is 0 Å². The van der Waals surface area contributed by atoms with E-state index in [-0.39, 0.29) is 24.7 Å². The second kappa shape index (κ2) is 4.72. The van der Waals surface area contributed by atoms with Crippen molar-refractivity contribution in [3.05, 3.63) is 28.4 Å². The van der Waals surface area contributed by atoms with Crippen LogP contribution in [-0.4, -0.2) is 35.3 Å². The molecule has 2 rings (SSSR count). The quantitative estimate of drug-likeness (QED) is 0.735. The molecule has 7 heteroatoms. The summed E-state index contributed by atoms with van der Waals surface area (Å²) in [5, 5.41) is 0. The van der Waals surface area contributed by atoms with Crippen molar-refractivity contribution in [2.24, 2.45) is 0 Å². The number of rotatable bonds is 2. The van der Waals surface area contributed by atoms with Gasteiger partial charge < -0.3 is 9.26 Å². The molecule has 1 aromatic rings. The van der Waals surface area contributed by atoms with Gasteiger partial charge in [-0.25, -0.2) is 4.79 Å². The van der Waals surface area contributed by atoms with Crippen LogP contribution in [0.1, 0.15) is 5.69 Å². The van der Waals surface area contributed by atoms with Crippen LogP contribution in [0.2, 0.25) is 0 Å². The zero-order chi connectivity index (χ0) is 12.5. The van der Waals surface area contributed by atoms with E-state index in [9.17, 15) is 9.36 Å². The van der Waals surface area contributed by atoms with Crippen molar-refractivity contribution in [3.63, 3.8) is 0 Å². The highest BCUT2D eigenvalue weighted by molar-refractivity contribution is 7.58. The van der Waals surface area contributed by atoms with E-state index in [4.69, 9.17) is 9.26 Å². The SMILES string of the molecule is Cc1ccn(CC2COP(C)(=O)CO2)c(=O)n1. The van der Waals surface area contributed by atoms with Gasteiger partial charge >= 0.3 is 5.69 Å². The third-order valence-corrected chi connectivity index (χ3v) is 3.81. The lowest BCUT2D eigenvalue weighted by Gasteiger charge is -2.27. The fourth-order valence-corrected chi connectivity index (χ4v) is 2.58. The van der Waals surface area contributed by atoms with E-state index in [2.05, 4.69) is 4.98 Å². The maximum absolute atomic E-state index is 11.5. The average molecular weight is 258 g/mol. The van der Waals surface area contributed by atoms with Crippen LogP contribution in [0.3, 0.4) is 0 Å². The van der Waals surface area contributed by atoms with Crippen molar-refractivity contribution in [2.75, 3.05) is 19.6 Å². The first kappa shape index (κ1) is 12.5. The van der Waals surface area contributed by atoms with Crippen LogP contribution < -0.4 is 5.69 Å². The average Bonchev–Trinajstić information content (AvgIpc) is 2.25. The summed E-state index contributed by atoms with van der Waals surface area (Å²) in [5.74, 6) is 0. The fourth-order valence-electron chi connectivity index (χ4n) is 1.54. The highest BCUT2D eigenvalue weighted by Crippen LogP contribution is 2.45. The van der Waals surface area contributed by atoms with Crippen molar-refractivity contribution in [1.82, 2.24) is 9.55 Å². The number of ether oxygens (including phenoxy) is 1. The van der Waals surface area contributed by atoms with Crippen LogP contribution in [0, 0.1) is 6.92 Å². The van der Waals surface area contributed by atoms with E-state index in [1.165, 1.54) is 4.57 Å². The highest BCUT2D eigenvalue weighted by Gasteiger charge is 2.27. The monoisotopic (exact) mass is 258 g/mol. The maximum atomic E-state index is 11.5. The minimum Gasteiger partial charge on any atom is -0.364 e. The van der Waals surface area contributed by atoms with Gasteiger partial charge in [0, 0.05) is 18.6 Å². The maximum Gasteiger partial charge on any atom is 0.347 e. The van der Waals surface area contributed by atoms with Crippen LogP contribution in [0.15, 0.2) is 17.1 Å². The van der Waals surface area contributed by atoms with Crippen molar-refractivity contribution in [3.8, 4) is 0 Å². The number of nitrogens with zero attached hydrogens (tertiary/aromatic N) is 2. The van der Waals surface area contributed by atoms with Gasteiger partial charge in [0.15, 0.2) is 0 Å². The molecule has 1 fully saturated rings. The predicted molar refractivity (Wildman–Crippen MR) is 62.5 cm³/mol. The number of hydrogen-bond acceptors (Lipinski definition) is 5. The molecule has 6 nitrogen and oxygen atoms in total. The van der Waals surface area contributed by atoms with Crippen LogP contribution in [-0.2, 0) is 20.4 Å². The van der Waals surface area contributed by atoms with Crippen LogP contribution in [0.25, 0.3) is 0 Å². The molecule has 1 aromatic heterocycles. The van der Waals surface area contributed by atoms with Crippen molar-refractivity contribution in [1.29, 1.82) is 0 Å². The molecule has 2 atom stereocenters. The van der Waals surface area contributed by atoms with Gasteiger partial charge in [-0.3, -0.25) is 9.13 Å². The van der Waals surface area contributed by atoms with E-state index in [0.717, 1.165) is 0 Å². The standard InChI is InChI=1S/C10H15N2O4P/c1-8-3-4-12(10(13)11-8)5-9-6-16-17(2,14)7-15-9/h3-4,9H,5-7H2,1-2H3. The molecule has 1 aliphatic rings. The number of hydrogen-bond donors (Lipinski definition) is 0. The lowest BCUT2D eigenvalue weighted by Crippen LogP contribution is -2.34. The Morgan fingerprint density at radius 3 is 3.00 bits per heavy atom. The molecule has 0 radical (unpaired) electrons. The van der Waals surface area contributed by atoms with Gasteiger partial charge in [-0.05, 0) is 13.0 Å². The summed E-state index contributed by atoms with van der Waals surface area (Å²) >= 11 is 0. The molecule has 1 aliphatic heterocycles. The highest BCUT2D eigenvalue weighted by atomic mass is 31.2. The summed E-state index contributed by atoms with van der Waals surface area (Å²) < 4.78 is 23.6. The van der Waals surface area contributed by atoms with Gasteiger partial charge in [0.2, 0.25) is 7.37 Å². The molecule has 0 bridgehead atoms. The Morgan fingerprint density at radius 2 is 2.41 bits per heavy atom. The first-order valence-corrected chi connectivity index (χ1v) is 7.59. The number of aryl methyl sites for hydroxylation is 1. The molecule has 0 spiro atoms. The minimum absolute atomic E-state index is 0.103. The Hall–Kier alpha value is -0.970. The van der Waals surface area contributed by atoms with Gasteiger partial charge in [0.1, 0.15) is 12.5 Å². The summed E-state index contributed by atoms with van der Waals surface area (Å²) in [6.07, 6.45) is 1.53. The Balaban J connectivity index is 2.03. The molecule has 0 N–H and O–H groups in total. The molecule has 2 unspecified atom stereocenters. The first-order chi connectivity index (χ1) is 7.96. The Morgan fingerprint density at radius 1 is 1.65 bits per heavy atom. The predicted octanol–water partition coefficient (Wildman–Crippen LogP) is 0.833. The van der Waals surface area contributed by atoms with E-state index < -0.39 is 7.37 Å². The van der Waals surface area contributed by atoms with Gasteiger partial charge in [-0.2, -0.15) is 4.98 Å². The molecule has 1 saturated heterocycles.